The van der Waals surface area contributed by atoms with Gasteiger partial charge in [-0.15, -0.1) is 11.3 Å². The first-order chi connectivity index (χ1) is 17.9. The van der Waals surface area contributed by atoms with E-state index in [2.05, 4.69) is 15.6 Å². The predicted octanol–water partition coefficient (Wildman–Crippen LogP) is 2.81. The van der Waals surface area contributed by atoms with Crippen LogP contribution in [0.4, 0.5) is 0 Å². The largest absolute Gasteiger partial charge is 0.394 e. The van der Waals surface area contributed by atoms with Gasteiger partial charge in [-0.05, 0) is 29.9 Å². The highest BCUT2D eigenvalue weighted by Crippen LogP contribution is 2.29. The molecule has 0 saturated carbocycles. The van der Waals surface area contributed by atoms with Crippen molar-refractivity contribution in [2.24, 2.45) is 11.3 Å². The summed E-state index contributed by atoms with van der Waals surface area (Å²) in [6, 6.07) is 5.08. The lowest BCUT2D eigenvalue weighted by molar-refractivity contribution is -0.144. The van der Waals surface area contributed by atoms with E-state index < -0.39 is 41.5 Å². The highest BCUT2D eigenvalue weighted by molar-refractivity contribution is 7.13. The molecule has 5 unspecified atom stereocenters. The number of carbonyl (C=O) groups excluding carboxylic acids is 3. The van der Waals surface area contributed by atoms with Crippen molar-refractivity contribution in [1.29, 1.82) is 0 Å². The zero-order valence-electron chi connectivity index (χ0n) is 23.0. The van der Waals surface area contributed by atoms with Crippen molar-refractivity contribution >= 4 is 29.1 Å². The van der Waals surface area contributed by atoms with Crippen LogP contribution in [-0.2, 0) is 14.4 Å². The number of nitrogens with zero attached hydrogens (tertiary/aromatic N) is 2. The van der Waals surface area contributed by atoms with Crippen molar-refractivity contribution in [1.82, 2.24) is 20.5 Å². The number of carbonyl (C=O) groups is 3. The van der Waals surface area contributed by atoms with Crippen LogP contribution < -0.4 is 10.6 Å². The Bertz CT molecular complexity index is 1130. The maximum atomic E-state index is 13.7. The second-order valence-electron chi connectivity index (χ2n) is 11.1. The molecule has 9 nitrogen and oxygen atoms in total. The van der Waals surface area contributed by atoms with Gasteiger partial charge in [0.1, 0.15) is 12.1 Å². The van der Waals surface area contributed by atoms with Gasteiger partial charge in [-0.25, -0.2) is 4.98 Å². The lowest BCUT2D eigenvalue weighted by atomic mass is 9.85. The van der Waals surface area contributed by atoms with E-state index in [4.69, 9.17) is 0 Å². The number of aromatic nitrogens is 1. The number of rotatable bonds is 9. The highest BCUT2D eigenvalue weighted by atomic mass is 32.1. The number of β-amino-alcohol motifs (C(OH)–C–C–N with tert-alkyl or cyclic N) is 1. The van der Waals surface area contributed by atoms with E-state index >= 15 is 0 Å². The molecular weight excluding hydrogens is 504 g/mol. The molecule has 3 amide bonds. The van der Waals surface area contributed by atoms with Gasteiger partial charge in [0.15, 0.2) is 0 Å². The molecule has 1 aromatic carbocycles. The number of aliphatic hydroxyl groups excluding tert-OH is 2. The van der Waals surface area contributed by atoms with E-state index in [9.17, 15) is 24.6 Å². The Hall–Kier alpha value is -2.82. The predicted molar refractivity (Wildman–Crippen MR) is 147 cm³/mol. The first-order valence-electron chi connectivity index (χ1n) is 13.1. The smallest absolute Gasteiger partial charge is 0.246 e. The molecule has 0 spiro atoms. The van der Waals surface area contributed by atoms with Crippen molar-refractivity contribution in [3.8, 4) is 10.4 Å². The average molecular weight is 545 g/mol. The van der Waals surface area contributed by atoms with Gasteiger partial charge in [-0.3, -0.25) is 14.4 Å². The highest BCUT2D eigenvalue weighted by Gasteiger charge is 2.45. The topological polar surface area (TPSA) is 132 Å². The van der Waals surface area contributed by atoms with Crippen LogP contribution in [0.5, 0.6) is 0 Å². The monoisotopic (exact) mass is 544 g/mol. The van der Waals surface area contributed by atoms with Gasteiger partial charge in [0, 0.05) is 18.9 Å². The van der Waals surface area contributed by atoms with E-state index in [0.717, 1.165) is 21.7 Å². The summed E-state index contributed by atoms with van der Waals surface area (Å²) < 4.78 is 0. The summed E-state index contributed by atoms with van der Waals surface area (Å²) in [6.07, 6.45) is -0.150. The zero-order valence-corrected chi connectivity index (χ0v) is 23.8. The maximum absolute atomic E-state index is 13.7. The first-order valence-corrected chi connectivity index (χ1v) is 14.0. The third kappa shape index (κ3) is 6.78. The number of hydrogen-bond donors (Lipinski definition) is 4. The van der Waals surface area contributed by atoms with Crippen LogP contribution in [0, 0.1) is 18.3 Å². The number of aliphatic hydroxyl groups is 2. The second-order valence-corrected chi connectivity index (χ2v) is 12.0. The lowest BCUT2D eigenvalue weighted by Crippen LogP contribution is -2.58. The summed E-state index contributed by atoms with van der Waals surface area (Å²) in [7, 11) is 0. The number of thiazole rings is 1. The lowest BCUT2D eigenvalue weighted by Gasteiger charge is -2.36. The Kier molecular flexibility index (Phi) is 9.67. The first kappa shape index (κ1) is 29.7. The minimum atomic E-state index is -0.920. The number of benzene rings is 1. The fourth-order valence-electron chi connectivity index (χ4n) is 4.54. The van der Waals surface area contributed by atoms with E-state index in [0.29, 0.717) is 6.42 Å². The quantitative estimate of drug-likeness (QED) is 0.384. The van der Waals surface area contributed by atoms with Crippen LogP contribution in [0.1, 0.15) is 64.8 Å². The summed E-state index contributed by atoms with van der Waals surface area (Å²) in [5.74, 6) is -1.35. The fourth-order valence-corrected chi connectivity index (χ4v) is 5.35. The van der Waals surface area contributed by atoms with Crippen LogP contribution >= 0.6 is 11.3 Å². The molecule has 4 N–H and O–H groups in total. The molecular formula is C28H40N4O5S. The number of hydrogen-bond acceptors (Lipinski definition) is 7. The molecule has 2 aromatic rings. The van der Waals surface area contributed by atoms with E-state index in [1.165, 1.54) is 4.90 Å². The Morgan fingerprint density at radius 3 is 2.37 bits per heavy atom. The molecule has 1 aliphatic rings. The molecule has 3 rings (SSSR count). The van der Waals surface area contributed by atoms with Crippen molar-refractivity contribution in [3.63, 3.8) is 0 Å². The van der Waals surface area contributed by atoms with Crippen LogP contribution in [0.15, 0.2) is 29.8 Å². The van der Waals surface area contributed by atoms with Crippen molar-refractivity contribution in [2.45, 2.75) is 78.6 Å². The molecule has 2 heterocycles. The number of aryl methyl sites for hydroxylation is 1. The standard InChI is InChI=1S/C28H40N4O5S/c1-7-16(2)25(35)31-24(28(4,5)6)27(37)32-13-20(34)12-22(32)26(36)30-21(14-33)18-8-10-19(11-9-18)23-17(3)29-15-38-23/h8-11,15-16,20-22,24,33-34H,7,12-14H2,1-6H3,(H,30,36)(H,31,35). The Balaban J connectivity index is 1.77. The number of likely N-dealkylation sites (tertiary alicyclic amines) is 1. The summed E-state index contributed by atoms with van der Waals surface area (Å²) in [4.78, 5) is 46.4. The Labute approximate surface area is 228 Å². The molecule has 38 heavy (non-hydrogen) atoms. The van der Waals surface area contributed by atoms with Gasteiger partial charge in [0.25, 0.3) is 0 Å². The van der Waals surface area contributed by atoms with Crippen molar-refractivity contribution < 1.29 is 24.6 Å². The van der Waals surface area contributed by atoms with Gasteiger partial charge < -0.3 is 25.7 Å². The summed E-state index contributed by atoms with van der Waals surface area (Å²) in [5.41, 5.74) is 3.84. The molecule has 1 aliphatic heterocycles. The van der Waals surface area contributed by atoms with E-state index in [-0.39, 0.29) is 31.4 Å². The van der Waals surface area contributed by atoms with Crippen LogP contribution in [0.3, 0.4) is 0 Å². The molecule has 208 valence electrons. The van der Waals surface area contributed by atoms with Crippen LogP contribution in [-0.4, -0.2) is 69.2 Å². The number of amides is 3. The molecule has 1 saturated heterocycles. The number of nitrogens with one attached hydrogen (secondary N) is 2. The van der Waals surface area contributed by atoms with Crippen LogP contribution in [0.2, 0.25) is 0 Å². The third-order valence-corrected chi connectivity index (χ3v) is 8.12. The third-order valence-electron chi connectivity index (χ3n) is 7.14. The molecule has 10 heteroatoms. The molecule has 5 atom stereocenters. The molecule has 0 aliphatic carbocycles. The van der Waals surface area contributed by atoms with Crippen molar-refractivity contribution in [2.75, 3.05) is 13.2 Å². The maximum Gasteiger partial charge on any atom is 0.246 e. The molecule has 1 fully saturated rings. The minimum absolute atomic E-state index is 0.00457. The Morgan fingerprint density at radius 2 is 1.84 bits per heavy atom. The van der Waals surface area contributed by atoms with Gasteiger partial charge in [0.05, 0.1) is 34.8 Å². The van der Waals surface area contributed by atoms with Gasteiger partial charge in [-0.1, -0.05) is 58.9 Å². The molecule has 0 radical (unpaired) electrons. The van der Waals surface area contributed by atoms with Gasteiger partial charge >= 0.3 is 0 Å². The summed E-state index contributed by atoms with van der Waals surface area (Å²) >= 11 is 1.55. The summed E-state index contributed by atoms with van der Waals surface area (Å²) in [6.45, 7) is 10.9. The average Bonchev–Trinajstić information content (AvgIpc) is 3.49. The van der Waals surface area contributed by atoms with Crippen LogP contribution in [0.25, 0.3) is 10.4 Å². The molecule has 0 bridgehead atoms. The molecule has 1 aromatic heterocycles. The van der Waals surface area contributed by atoms with Gasteiger partial charge in [-0.2, -0.15) is 0 Å². The SMILES string of the molecule is CCC(C)C(=O)NC(C(=O)N1CC(O)CC1C(=O)NC(CO)c1ccc(-c2scnc2C)cc1)C(C)(C)C. The van der Waals surface area contributed by atoms with Gasteiger partial charge in [0.2, 0.25) is 17.7 Å². The zero-order chi connectivity index (χ0) is 28.2. The fraction of sp³-hybridized carbons (Fsp3) is 0.571. The summed E-state index contributed by atoms with van der Waals surface area (Å²) in [5, 5.41) is 26.2. The van der Waals surface area contributed by atoms with Crippen molar-refractivity contribution in [3.05, 3.63) is 41.0 Å². The normalized spacial score (nSPS) is 20.1. The minimum Gasteiger partial charge on any atom is -0.394 e. The second kappa shape index (κ2) is 12.4. The van der Waals surface area contributed by atoms with E-state index in [1.807, 2.05) is 58.9 Å². The Morgan fingerprint density at radius 1 is 1.18 bits per heavy atom. The van der Waals surface area contributed by atoms with E-state index in [1.54, 1.807) is 23.8 Å².